The SMILES string of the molecule is [Cl-].[NH3+]Nc1ccc(CCN2C(=O)C3CCCN3C2=O)cc1. The Bertz CT molecular complexity index is 512. The first-order valence-electron chi connectivity index (χ1n) is 6.95. The summed E-state index contributed by atoms with van der Waals surface area (Å²) in [5, 5.41) is 0. The fraction of sp³-hybridized carbons (Fsp3) is 0.429. The molecule has 114 valence electrons. The topological polar surface area (TPSA) is 80.3 Å². The highest BCUT2D eigenvalue weighted by molar-refractivity contribution is 6.04. The predicted octanol–water partition coefficient (Wildman–Crippen LogP) is -2.77. The highest BCUT2D eigenvalue weighted by atomic mass is 35.5. The van der Waals surface area contributed by atoms with Crippen molar-refractivity contribution in [3.05, 3.63) is 29.8 Å². The minimum Gasteiger partial charge on any atom is -1.00 e. The summed E-state index contributed by atoms with van der Waals surface area (Å²) in [6, 6.07) is 7.54. The largest absolute Gasteiger partial charge is 1.00 e. The standard InChI is InChI=1S/C14H18N4O2.ClH/c15-16-11-5-3-10(4-6-11)7-9-18-13(19)12-2-1-8-17(12)14(18)20;/h3-6,12,16H,1-2,7-9,15H2;1H. The van der Waals surface area contributed by atoms with Gasteiger partial charge in [0, 0.05) is 13.1 Å². The van der Waals surface area contributed by atoms with Gasteiger partial charge in [-0.05, 0) is 37.0 Å². The fourth-order valence-corrected chi connectivity index (χ4v) is 2.92. The first-order chi connectivity index (χ1) is 9.70. The van der Waals surface area contributed by atoms with E-state index in [1.165, 1.54) is 4.90 Å². The number of carbonyl (C=O) groups excluding carboxylic acids is 2. The van der Waals surface area contributed by atoms with Crippen LogP contribution in [-0.2, 0) is 11.2 Å². The van der Waals surface area contributed by atoms with Crippen molar-refractivity contribution in [1.82, 2.24) is 9.80 Å². The second kappa shape index (κ2) is 6.32. The van der Waals surface area contributed by atoms with Crippen LogP contribution in [-0.4, -0.2) is 40.9 Å². The van der Waals surface area contributed by atoms with Crippen LogP contribution in [0.3, 0.4) is 0 Å². The van der Waals surface area contributed by atoms with Gasteiger partial charge in [0.2, 0.25) is 0 Å². The second-order valence-electron chi connectivity index (χ2n) is 5.25. The summed E-state index contributed by atoms with van der Waals surface area (Å²) in [6.45, 7) is 1.18. The summed E-state index contributed by atoms with van der Waals surface area (Å²) in [7, 11) is 0. The highest BCUT2D eigenvalue weighted by Gasteiger charge is 2.46. The zero-order valence-electron chi connectivity index (χ0n) is 11.7. The number of fused-ring (bicyclic) bond motifs is 1. The van der Waals surface area contributed by atoms with E-state index < -0.39 is 0 Å². The molecule has 2 fully saturated rings. The number of benzene rings is 1. The minimum absolute atomic E-state index is 0. The number of anilines is 1. The van der Waals surface area contributed by atoms with Gasteiger partial charge in [-0.25, -0.2) is 10.2 Å². The fourth-order valence-electron chi connectivity index (χ4n) is 2.92. The van der Waals surface area contributed by atoms with Crippen LogP contribution in [0.4, 0.5) is 10.5 Å². The number of urea groups is 1. The number of quaternary nitrogens is 1. The number of carbonyl (C=O) groups is 2. The first-order valence-corrected chi connectivity index (χ1v) is 6.95. The molecule has 1 unspecified atom stereocenters. The predicted molar refractivity (Wildman–Crippen MR) is 73.5 cm³/mol. The molecule has 3 rings (SSSR count). The van der Waals surface area contributed by atoms with Crippen molar-refractivity contribution in [2.75, 3.05) is 18.5 Å². The molecular weight excluding hydrogens is 292 g/mol. The van der Waals surface area contributed by atoms with Crippen molar-refractivity contribution in [3.8, 4) is 0 Å². The summed E-state index contributed by atoms with van der Waals surface area (Å²) < 4.78 is 0. The molecule has 0 radical (unpaired) electrons. The number of rotatable bonds is 4. The van der Waals surface area contributed by atoms with Crippen LogP contribution in [0.2, 0.25) is 0 Å². The maximum Gasteiger partial charge on any atom is 0.327 e. The third kappa shape index (κ3) is 2.82. The lowest BCUT2D eigenvalue weighted by Crippen LogP contribution is -3.00. The molecule has 6 nitrogen and oxygen atoms in total. The Hall–Kier alpha value is -1.79. The lowest BCUT2D eigenvalue weighted by atomic mass is 10.1. The van der Waals surface area contributed by atoms with Gasteiger partial charge in [-0.1, -0.05) is 12.1 Å². The van der Waals surface area contributed by atoms with Crippen LogP contribution >= 0.6 is 0 Å². The zero-order chi connectivity index (χ0) is 14.1. The molecule has 21 heavy (non-hydrogen) atoms. The third-order valence-corrected chi connectivity index (χ3v) is 4.06. The molecule has 0 spiro atoms. The lowest BCUT2D eigenvalue weighted by Gasteiger charge is -2.15. The van der Waals surface area contributed by atoms with Crippen LogP contribution in [0.5, 0.6) is 0 Å². The Morgan fingerprint density at radius 3 is 2.57 bits per heavy atom. The van der Waals surface area contributed by atoms with Crippen molar-refractivity contribution >= 4 is 17.6 Å². The van der Waals surface area contributed by atoms with Crippen LogP contribution in [0.1, 0.15) is 18.4 Å². The van der Waals surface area contributed by atoms with Gasteiger partial charge in [-0.3, -0.25) is 15.5 Å². The van der Waals surface area contributed by atoms with Crippen LogP contribution in [0, 0.1) is 0 Å². The van der Waals surface area contributed by atoms with Crippen molar-refractivity contribution in [2.24, 2.45) is 0 Å². The zero-order valence-corrected chi connectivity index (χ0v) is 12.5. The number of imide groups is 1. The normalized spacial score (nSPS) is 20.5. The number of hydrogen-bond donors (Lipinski definition) is 2. The molecular formula is C14H19ClN4O2. The quantitative estimate of drug-likeness (QED) is 0.467. The van der Waals surface area contributed by atoms with Gasteiger partial charge in [0.15, 0.2) is 0 Å². The molecule has 1 aromatic rings. The summed E-state index contributed by atoms with van der Waals surface area (Å²) in [6.07, 6.45) is 2.44. The van der Waals surface area contributed by atoms with Gasteiger partial charge in [0.1, 0.15) is 6.04 Å². The van der Waals surface area contributed by atoms with Gasteiger partial charge in [-0.2, -0.15) is 0 Å². The van der Waals surface area contributed by atoms with E-state index in [1.54, 1.807) is 4.90 Å². The van der Waals surface area contributed by atoms with Crippen molar-refractivity contribution < 1.29 is 27.8 Å². The van der Waals surface area contributed by atoms with E-state index in [-0.39, 0.29) is 30.4 Å². The molecule has 2 saturated heterocycles. The van der Waals surface area contributed by atoms with Gasteiger partial charge in [0.25, 0.3) is 5.91 Å². The van der Waals surface area contributed by atoms with Crippen LogP contribution in [0.15, 0.2) is 24.3 Å². The Morgan fingerprint density at radius 1 is 1.24 bits per heavy atom. The average Bonchev–Trinajstić information content (AvgIpc) is 3.03. The average molecular weight is 311 g/mol. The first kappa shape index (κ1) is 15.6. The molecule has 4 N–H and O–H groups in total. The number of nitrogens with one attached hydrogen (secondary N) is 1. The molecule has 1 atom stereocenters. The maximum absolute atomic E-state index is 12.2. The molecule has 1 aromatic carbocycles. The summed E-state index contributed by atoms with van der Waals surface area (Å²) in [4.78, 5) is 27.4. The number of amides is 3. The summed E-state index contributed by atoms with van der Waals surface area (Å²) in [5.41, 5.74) is 4.87. The number of hydrogen-bond acceptors (Lipinski definition) is 3. The van der Waals surface area contributed by atoms with E-state index >= 15 is 0 Å². The lowest BCUT2D eigenvalue weighted by molar-refractivity contribution is -0.325. The molecule has 0 aromatic heterocycles. The molecule has 3 amide bonds. The van der Waals surface area contributed by atoms with Gasteiger partial charge < -0.3 is 17.3 Å². The van der Waals surface area contributed by atoms with Crippen molar-refractivity contribution in [2.45, 2.75) is 25.3 Å². The molecule has 0 bridgehead atoms. The second-order valence-corrected chi connectivity index (χ2v) is 5.25. The van der Waals surface area contributed by atoms with Crippen LogP contribution < -0.4 is 23.7 Å². The third-order valence-electron chi connectivity index (χ3n) is 4.06. The Labute approximate surface area is 129 Å². The summed E-state index contributed by atoms with van der Waals surface area (Å²) in [5.74, 6) is 3.57. The Balaban J connectivity index is 0.00000161. The smallest absolute Gasteiger partial charge is 0.327 e. The molecule has 2 aliphatic heterocycles. The van der Waals surface area contributed by atoms with Gasteiger partial charge in [0.05, 0.1) is 5.69 Å². The minimum atomic E-state index is -0.194. The maximum atomic E-state index is 12.2. The molecule has 0 aliphatic carbocycles. The van der Waals surface area contributed by atoms with Crippen LogP contribution in [0.25, 0.3) is 0 Å². The van der Waals surface area contributed by atoms with E-state index in [0.29, 0.717) is 13.0 Å². The summed E-state index contributed by atoms with van der Waals surface area (Å²) >= 11 is 0. The van der Waals surface area contributed by atoms with Crippen molar-refractivity contribution in [3.63, 3.8) is 0 Å². The molecule has 0 saturated carbocycles. The van der Waals surface area contributed by atoms with E-state index in [1.807, 2.05) is 24.3 Å². The molecule has 2 aliphatic rings. The number of halogens is 1. The van der Waals surface area contributed by atoms with E-state index in [2.05, 4.69) is 11.3 Å². The van der Waals surface area contributed by atoms with E-state index in [9.17, 15) is 9.59 Å². The molecule has 2 heterocycles. The van der Waals surface area contributed by atoms with E-state index in [0.717, 1.165) is 30.6 Å². The monoisotopic (exact) mass is 310 g/mol. The highest BCUT2D eigenvalue weighted by Crippen LogP contribution is 2.27. The van der Waals surface area contributed by atoms with Gasteiger partial charge >= 0.3 is 6.03 Å². The van der Waals surface area contributed by atoms with Gasteiger partial charge in [-0.15, -0.1) is 0 Å². The Kier molecular flexibility index (Phi) is 4.69. The molecule has 7 heteroatoms. The van der Waals surface area contributed by atoms with Crippen molar-refractivity contribution in [1.29, 1.82) is 0 Å². The van der Waals surface area contributed by atoms with E-state index in [4.69, 9.17) is 0 Å². The Morgan fingerprint density at radius 2 is 1.95 bits per heavy atom. The number of nitrogens with zero attached hydrogens (tertiary/aromatic N) is 2.